The Morgan fingerprint density at radius 3 is 2.57 bits per heavy atom. The molecule has 1 unspecified atom stereocenters. The van der Waals surface area contributed by atoms with Crippen molar-refractivity contribution >= 4 is 21.4 Å². The average Bonchev–Trinajstić information content (AvgIpc) is 3.25. The minimum Gasteiger partial charge on any atom is -0.466 e. The van der Waals surface area contributed by atoms with Crippen LogP contribution in [0.3, 0.4) is 0 Å². The number of aliphatic hydroxyl groups excluding tert-OH is 1. The Kier molecular flexibility index (Phi) is 4.63. The van der Waals surface area contributed by atoms with Gasteiger partial charge in [-0.15, -0.1) is 11.3 Å². The van der Waals surface area contributed by atoms with Crippen LogP contribution in [0.1, 0.15) is 21.6 Å². The normalized spacial score (nSPS) is 13.1. The van der Waals surface area contributed by atoms with E-state index in [9.17, 15) is 13.5 Å². The Bertz CT molecular complexity index is 855. The summed E-state index contributed by atoms with van der Waals surface area (Å²) in [4.78, 5) is 1.74. The minimum absolute atomic E-state index is 0.173. The molecular formula is C16H15NO4S2. The van der Waals surface area contributed by atoms with Crippen LogP contribution in [0, 0.1) is 0 Å². The van der Waals surface area contributed by atoms with E-state index in [0.29, 0.717) is 10.6 Å². The van der Waals surface area contributed by atoms with Gasteiger partial charge in [-0.1, -0.05) is 18.2 Å². The quantitative estimate of drug-likeness (QED) is 0.717. The van der Waals surface area contributed by atoms with Crippen LogP contribution in [0.4, 0.5) is 0 Å². The molecule has 0 spiro atoms. The van der Waals surface area contributed by atoms with Crippen molar-refractivity contribution in [2.45, 2.75) is 17.5 Å². The van der Waals surface area contributed by atoms with Gasteiger partial charge in [-0.2, -0.15) is 0 Å². The third kappa shape index (κ3) is 3.70. The molecule has 3 aromatic rings. The summed E-state index contributed by atoms with van der Waals surface area (Å²) in [5.41, 5.74) is 0. The molecule has 3 rings (SSSR count). The second-order valence-corrected chi connectivity index (χ2v) is 7.83. The van der Waals surface area contributed by atoms with Crippen LogP contribution >= 0.6 is 11.3 Å². The van der Waals surface area contributed by atoms with E-state index in [4.69, 9.17) is 4.42 Å². The molecular weight excluding hydrogens is 334 g/mol. The van der Waals surface area contributed by atoms with Crippen molar-refractivity contribution in [1.82, 2.24) is 4.72 Å². The Morgan fingerprint density at radius 1 is 1.09 bits per heavy atom. The Morgan fingerprint density at radius 2 is 1.87 bits per heavy atom. The molecule has 0 radical (unpaired) electrons. The Labute approximate surface area is 138 Å². The first-order valence-electron chi connectivity index (χ1n) is 6.91. The van der Waals surface area contributed by atoms with Crippen molar-refractivity contribution in [3.63, 3.8) is 0 Å². The smallest absolute Gasteiger partial charge is 0.240 e. The lowest BCUT2D eigenvalue weighted by molar-refractivity contribution is 0.193. The number of rotatable bonds is 6. The van der Waals surface area contributed by atoms with Gasteiger partial charge in [-0.3, -0.25) is 0 Å². The van der Waals surface area contributed by atoms with Gasteiger partial charge in [-0.05, 0) is 36.4 Å². The molecule has 0 amide bonds. The summed E-state index contributed by atoms with van der Waals surface area (Å²) in [7, 11) is -3.54. The Balaban J connectivity index is 1.68. The zero-order chi connectivity index (χ0) is 16.3. The molecule has 5 nitrogen and oxygen atoms in total. The summed E-state index contributed by atoms with van der Waals surface area (Å²) >= 11 is 1.34. The molecule has 1 aromatic carbocycles. The fraction of sp³-hybridized carbons (Fsp3) is 0.125. The lowest BCUT2D eigenvalue weighted by Gasteiger charge is -2.06. The third-order valence-electron chi connectivity index (χ3n) is 3.25. The number of aliphatic hydroxyl groups is 1. The van der Waals surface area contributed by atoms with E-state index in [-0.39, 0.29) is 11.4 Å². The molecule has 0 aliphatic carbocycles. The number of hydrogen-bond acceptors (Lipinski definition) is 5. The van der Waals surface area contributed by atoms with Gasteiger partial charge in [0.1, 0.15) is 11.9 Å². The highest BCUT2D eigenvalue weighted by atomic mass is 32.2. The van der Waals surface area contributed by atoms with Crippen LogP contribution in [-0.2, 0) is 16.6 Å². The number of hydrogen-bond donors (Lipinski definition) is 2. The molecule has 0 saturated heterocycles. The highest BCUT2D eigenvalue weighted by Gasteiger charge is 2.17. The third-order valence-corrected chi connectivity index (χ3v) is 5.81. The van der Waals surface area contributed by atoms with Crippen LogP contribution in [0.2, 0.25) is 0 Å². The number of thiophene rings is 1. The van der Waals surface area contributed by atoms with Crippen molar-refractivity contribution in [2.24, 2.45) is 0 Å². The number of nitrogens with one attached hydrogen (secondary N) is 1. The maximum atomic E-state index is 12.2. The van der Waals surface area contributed by atoms with Crippen LogP contribution < -0.4 is 4.72 Å². The molecule has 0 aliphatic heterocycles. The summed E-state index contributed by atoms with van der Waals surface area (Å²) in [6.07, 6.45) is 0.663. The van der Waals surface area contributed by atoms with Crippen LogP contribution in [0.25, 0.3) is 0 Å². The highest BCUT2D eigenvalue weighted by Crippen LogP contribution is 2.28. The van der Waals surface area contributed by atoms with Gasteiger partial charge in [0, 0.05) is 16.3 Å². The topological polar surface area (TPSA) is 79.5 Å². The fourth-order valence-corrected chi connectivity index (χ4v) is 4.14. The molecule has 23 heavy (non-hydrogen) atoms. The van der Waals surface area contributed by atoms with Crippen molar-refractivity contribution < 1.29 is 17.9 Å². The summed E-state index contributed by atoms with van der Waals surface area (Å²) in [5.74, 6) is 0.461. The minimum atomic E-state index is -3.54. The molecule has 0 bridgehead atoms. The predicted molar refractivity (Wildman–Crippen MR) is 87.6 cm³/mol. The summed E-state index contributed by atoms with van der Waals surface area (Å²) in [6.45, 7) is 0.173. The van der Waals surface area contributed by atoms with E-state index in [1.807, 2.05) is 0 Å². The maximum absolute atomic E-state index is 12.2. The Hall–Kier alpha value is -1.93. The van der Waals surface area contributed by atoms with Crippen molar-refractivity contribution in [3.05, 3.63) is 76.4 Å². The van der Waals surface area contributed by atoms with Gasteiger partial charge < -0.3 is 9.52 Å². The first-order valence-corrected chi connectivity index (χ1v) is 9.21. The first kappa shape index (κ1) is 15.9. The molecule has 2 heterocycles. The fourth-order valence-electron chi connectivity index (χ4n) is 2.07. The monoisotopic (exact) mass is 349 g/mol. The van der Waals surface area contributed by atoms with E-state index in [0.717, 1.165) is 4.88 Å². The van der Waals surface area contributed by atoms with Gasteiger partial charge in [0.05, 0.1) is 11.2 Å². The molecule has 7 heteroatoms. The predicted octanol–water partition coefficient (Wildman–Crippen LogP) is 2.90. The van der Waals surface area contributed by atoms with Crippen LogP contribution in [0.15, 0.2) is 70.2 Å². The summed E-state index contributed by atoms with van der Waals surface area (Å²) < 4.78 is 32.1. The van der Waals surface area contributed by atoms with E-state index >= 15 is 0 Å². The average molecular weight is 349 g/mol. The number of sulfonamides is 1. The van der Waals surface area contributed by atoms with Crippen LogP contribution in [0.5, 0.6) is 0 Å². The number of furan rings is 1. The zero-order valence-corrected chi connectivity index (χ0v) is 13.7. The SMILES string of the molecule is O=S(=O)(NCc1ccc(C(O)c2ccco2)s1)c1ccccc1. The van der Waals surface area contributed by atoms with Gasteiger partial charge in [0.25, 0.3) is 0 Å². The molecule has 1 atom stereocenters. The summed E-state index contributed by atoms with van der Waals surface area (Å²) in [5, 5.41) is 10.2. The molecule has 0 saturated carbocycles. The van der Waals surface area contributed by atoms with E-state index in [1.54, 1.807) is 54.6 Å². The standard InChI is InChI=1S/C16H15NO4S2/c18-16(14-7-4-10-21-14)15-9-8-12(22-15)11-17-23(19,20)13-5-2-1-3-6-13/h1-10,16-18H,11H2. The van der Waals surface area contributed by atoms with Gasteiger partial charge in [0.2, 0.25) is 10.0 Å². The van der Waals surface area contributed by atoms with Gasteiger partial charge in [0.15, 0.2) is 0 Å². The highest BCUT2D eigenvalue weighted by molar-refractivity contribution is 7.89. The molecule has 0 fully saturated rings. The molecule has 2 aromatic heterocycles. The van der Waals surface area contributed by atoms with E-state index < -0.39 is 16.1 Å². The lowest BCUT2D eigenvalue weighted by Crippen LogP contribution is -2.22. The largest absolute Gasteiger partial charge is 0.466 e. The van der Waals surface area contributed by atoms with Crippen molar-refractivity contribution in [2.75, 3.05) is 0 Å². The van der Waals surface area contributed by atoms with Gasteiger partial charge >= 0.3 is 0 Å². The molecule has 120 valence electrons. The zero-order valence-electron chi connectivity index (χ0n) is 12.0. The first-order chi connectivity index (χ1) is 11.1. The van der Waals surface area contributed by atoms with E-state index in [1.165, 1.54) is 17.6 Å². The lowest BCUT2D eigenvalue weighted by atomic mass is 10.2. The van der Waals surface area contributed by atoms with Crippen LogP contribution in [-0.4, -0.2) is 13.5 Å². The molecule has 0 aliphatic rings. The van der Waals surface area contributed by atoms with Crippen molar-refractivity contribution in [3.8, 4) is 0 Å². The molecule has 2 N–H and O–H groups in total. The van der Waals surface area contributed by atoms with Gasteiger partial charge in [-0.25, -0.2) is 13.1 Å². The second-order valence-electron chi connectivity index (χ2n) is 4.86. The summed E-state index contributed by atoms with van der Waals surface area (Å²) in [6, 6.07) is 15.2. The number of benzene rings is 1. The maximum Gasteiger partial charge on any atom is 0.240 e. The second kappa shape index (κ2) is 6.67. The van der Waals surface area contributed by atoms with E-state index in [2.05, 4.69) is 4.72 Å². The van der Waals surface area contributed by atoms with Crippen molar-refractivity contribution in [1.29, 1.82) is 0 Å².